The van der Waals surface area contributed by atoms with E-state index in [-0.39, 0.29) is 14.4 Å². The summed E-state index contributed by atoms with van der Waals surface area (Å²) in [6, 6.07) is 0. The lowest BCUT2D eigenvalue weighted by molar-refractivity contribution is 0.489. The minimum atomic E-state index is -0.0119. The van der Waals surface area contributed by atoms with Gasteiger partial charge in [0.05, 0.1) is 3.55 Å². The van der Waals surface area contributed by atoms with Gasteiger partial charge in [-0.3, -0.25) is 0 Å². The summed E-state index contributed by atoms with van der Waals surface area (Å²) in [7, 11) is 0. The Bertz CT molecular complexity index is 309. The lowest BCUT2D eigenvalue weighted by atomic mass is 9.91. The largest absolute Gasteiger partial charge is 0.359 e. The summed E-state index contributed by atoms with van der Waals surface area (Å²) in [5, 5.41) is 3.47. The first-order valence-electron chi connectivity index (χ1n) is 5.99. The molecule has 0 saturated carbocycles. The number of amidine groups is 1. The number of alkyl halides is 1. The second-order valence-corrected chi connectivity index (χ2v) is 9.70. The van der Waals surface area contributed by atoms with Crippen LogP contribution < -0.4 is 5.32 Å². The molecule has 0 unspecified atom stereocenters. The second-order valence-electron chi connectivity index (χ2n) is 7.00. The molecule has 0 heterocycles. The van der Waals surface area contributed by atoms with E-state index >= 15 is 0 Å². The van der Waals surface area contributed by atoms with E-state index in [0.717, 1.165) is 11.5 Å². The molecule has 0 atom stereocenters. The molecule has 0 rings (SSSR count). The van der Waals surface area contributed by atoms with Gasteiger partial charge in [-0.2, -0.15) is 0 Å². The topological polar surface area (TPSA) is 24.4 Å². The van der Waals surface area contributed by atoms with Gasteiger partial charge in [-0.25, -0.2) is 4.99 Å². The third-order valence-corrected chi connectivity index (χ3v) is 2.51. The quantitative estimate of drug-likeness (QED) is 0.251. The maximum atomic E-state index is 4.71. The van der Waals surface area contributed by atoms with Gasteiger partial charge in [-0.1, -0.05) is 70.7 Å². The number of halogens is 1. The minimum absolute atomic E-state index is 0.00334. The molecule has 1 N–H and O–H groups in total. The molecule has 0 aromatic carbocycles. The van der Waals surface area contributed by atoms with Gasteiger partial charge in [-0.05, 0) is 13.8 Å². The molecule has 0 bridgehead atoms. The van der Waals surface area contributed by atoms with Gasteiger partial charge in [0.1, 0.15) is 5.84 Å². The summed E-state index contributed by atoms with van der Waals surface area (Å²) in [4.78, 5) is 4.71. The number of nitrogens with zero attached hydrogens (tertiary/aromatic N) is 1. The van der Waals surface area contributed by atoms with Gasteiger partial charge >= 0.3 is 0 Å². The molecule has 0 aliphatic rings. The first-order valence-corrected chi connectivity index (χ1v) is 7.07. The zero-order valence-electron chi connectivity index (χ0n) is 12.5. The second kappa shape index (κ2) is 5.29. The third kappa shape index (κ3) is 7.06. The van der Waals surface area contributed by atoms with Crippen molar-refractivity contribution < 1.29 is 0 Å². The molecule has 100 valence electrons. The van der Waals surface area contributed by atoms with Crippen molar-refractivity contribution in [2.75, 3.05) is 0 Å². The molecule has 0 spiro atoms. The van der Waals surface area contributed by atoms with Gasteiger partial charge in [0, 0.05) is 16.5 Å². The van der Waals surface area contributed by atoms with E-state index in [1.807, 2.05) is 0 Å². The fourth-order valence-corrected chi connectivity index (χ4v) is 1.22. The molecule has 0 amide bonds. The molecule has 0 aromatic heterocycles. The van der Waals surface area contributed by atoms with E-state index in [2.05, 4.69) is 89.9 Å². The summed E-state index contributed by atoms with van der Waals surface area (Å²) in [5.41, 5.74) is 0.917. The number of hydrogen-bond acceptors (Lipinski definition) is 1. The molecule has 0 aromatic rings. The van der Waals surface area contributed by atoms with Crippen molar-refractivity contribution in [3.8, 4) is 0 Å². The third-order valence-electron chi connectivity index (χ3n) is 2.24. The Morgan fingerprint density at radius 3 is 1.59 bits per heavy atom. The number of allylic oxidation sites excluding steroid dienone is 1. The summed E-state index contributed by atoms with van der Waals surface area (Å²) >= 11 is 2.38. The number of hydrogen-bond donors (Lipinski definition) is 1. The van der Waals surface area contributed by atoms with Crippen molar-refractivity contribution in [2.45, 2.75) is 58.9 Å². The van der Waals surface area contributed by atoms with E-state index in [9.17, 15) is 0 Å². The smallest absolute Gasteiger partial charge is 0.108 e. The molecule has 0 aliphatic heterocycles. The molecule has 0 radical (unpaired) electrons. The molecular weight excluding hydrogens is 323 g/mol. The van der Waals surface area contributed by atoms with Crippen molar-refractivity contribution in [2.24, 2.45) is 15.8 Å². The van der Waals surface area contributed by atoms with E-state index in [4.69, 9.17) is 4.99 Å². The highest BCUT2D eigenvalue weighted by Crippen LogP contribution is 2.27. The van der Waals surface area contributed by atoms with Gasteiger partial charge in [0.2, 0.25) is 0 Å². The van der Waals surface area contributed by atoms with Crippen LogP contribution in [0.1, 0.15) is 55.4 Å². The lowest BCUT2D eigenvalue weighted by Crippen LogP contribution is -2.44. The molecule has 3 heteroatoms. The SMILES string of the molecule is C=C(/N=C(/NC(C)(C)I)C(C)(C)C)C(C)(C)C. The maximum Gasteiger partial charge on any atom is 0.108 e. The highest BCUT2D eigenvalue weighted by Gasteiger charge is 2.26. The normalized spacial score (nSPS) is 14.8. The Kier molecular flexibility index (Phi) is 5.27. The standard InChI is InChI=1S/C14H27IN2/c1-10(12(2,3)4)16-11(13(5,6)7)17-14(8,9)15/h1H2,2-9H3,(H,16,17). The first-order chi connectivity index (χ1) is 7.23. The number of aliphatic imine (C=N–C) groups is 1. The van der Waals surface area contributed by atoms with E-state index in [1.165, 1.54) is 0 Å². The van der Waals surface area contributed by atoms with Crippen LogP contribution in [0.2, 0.25) is 0 Å². The molecule has 2 nitrogen and oxygen atoms in total. The Balaban J connectivity index is 5.23. The fraction of sp³-hybridized carbons (Fsp3) is 0.786. The highest BCUT2D eigenvalue weighted by molar-refractivity contribution is 14.1. The van der Waals surface area contributed by atoms with Crippen LogP contribution in [0.15, 0.2) is 17.3 Å². The van der Waals surface area contributed by atoms with Crippen molar-refractivity contribution in [1.82, 2.24) is 5.32 Å². The molecule has 17 heavy (non-hydrogen) atoms. The van der Waals surface area contributed by atoms with Gasteiger partial charge in [0.25, 0.3) is 0 Å². The lowest BCUT2D eigenvalue weighted by Gasteiger charge is -2.31. The summed E-state index contributed by atoms with van der Waals surface area (Å²) in [5.74, 6) is 0.997. The van der Waals surface area contributed by atoms with Crippen LogP contribution in [0, 0.1) is 10.8 Å². The monoisotopic (exact) mass is 350 g/mol. The predicted molar refractivity (Wildman–Crippen MR) is 86.7 cm³/mol. The van der Waals surface area contributed by atoms with Crippen LogP contribution in [0.25, 0.3) is 0 Å². The zero-order chi connectivity index (χ0) is 14.1. The minimum Gasteiger partial charge on any atom is -0.359 e. The average molecular weight is 350 g/mol. The molecule has 0 fully saturated rings. The summed E-state index contributed by atoms with van der Waals surface area (Å²) in [6.07, 6.45) is 0. The summed E-state index contributed by atoms with van der Waals surface area (Å²) < 4.78 is -0.0119. The molecular formula is C14H27IN2. The van der Waals surface area contributed by atoms with Crippen LogP contribution in [0.4, 0.5) is 0 Å². The Labute approximate surface area is 121 Å². The Morgan fingerprint density at radius 2 is 1.35 bits per heavy atom. The highest BCUT2D eigenvalue weighted by atomic mass is 127. The average Bonchev–Trinajstić information content (AvgIpc) is 1.96. The zero-order valence-corrected chi connectivity index (χ0v) is 14.7. The van der Waals surface area contributed by atoms with Gasteiger partial charge in [0.15, 0.2) is 0 Å². The van der Waals surface area contributed by atoms with Crippen LogP contribution in [0.3, 0.4) is 0 Å². The van der Waals surface area contributed by atoms with E-state index < -0.39 is 0 Å². The van der Waals surface area contributed by atoms with Crippen LogP contribution in [0.5, 0.6) is 0 Å². The van der Waals surface area contributed by atoms with Crippen LogP contribution in [-0.2, 0) is 0 Å². The van der Waals surface area contributed by atoms with Crippen molar-refractivity contribution in [3.05, 3.63) is 12.3 Å². The number of rotatable bonds is 2. The predicted octanol–water partition coefficient (Wildman–Crippen LogP) is 4.75. The van der Waals surface area contributed by atoms with Gasteiger partial charge < -0.3 is 5.32 Å². The van der Waals surface area contributed by atoms with Crippen LogP contribution in [-0.4, -0.2) is 9.38 Å². The molecule has 0 saturated heterocycles. The Morgan fingerprint density at radius 1 is 0.941 bits per heavy atom. The number of nitrogens with one attached hydrogen (secondary N) is 1. The molecule has 0 aliphatic carbocycles. The van der Waals surface area contributed by atoms with Gasteiger partial charge in [-0.15, -0.1) is 0 Å². The fourth-order valence-electron chi connectivity index (χ4n) is 0.967. The van der Waals surface area contributed by atoms with E-state index in [0.29, 0.717) is 0 Å². The Hall–Kier alpha value is -0.0600. The first kappa shape index (κ1) is 16.9. The maximum absolute atomic E-state index is 4.71. The van der Waals surface area contributed by atoms with E-state index in [1.54, 1.807) is 0 Å². The van der Waals surface area contributed by atoms with Crippen molar-refractivity contribution in [1.29, 1.82) is 0 Å². The summed E-state index contributed by atoms with van der Waals surface area (Å²) in [6.45, 7) is 21.2. The van der Waals surface area contributed by atoms with Crippen molar-refractivity contribution in [3.63, 3.8) is 0 Å². The van der Waals surface area contributed by atoms with Crippen molar-refractivity contribution >= 4 is 28.4 Å². The van der Waals surface area contributed by atoms with Crippen LogP contribution >= 0.6 is 22.6 Å².